The molecule has 154 valence electrons. The first-order chi connectivity index (χ1) is 14.9. The van der Waals surface area contributed by atoms with Crippen LogP contribution in [-0.2, 0) is 0 Å². The van der Waals surface area contributed by atoms with Crippen molar-refractivity contribution < 1.29 is 24.0 Å². The second-order valence-corrected chi connectivity index (χ2v) is 6.45. The molecule has 10 nitrogen and oxygen atoms in total. The number of carbonyl (C=O) groups is 2. The number of carboxylic acid groups (broad SMARTS) is 1. The molecular formula is C21H14N4O6. The van der Waals surface area contributed by atoms with E-state index < -0.39 is 16.8 Å². The van der Waals surface area contributed by atoms with Crippen LogP contribution in [0.15, 0.2) is 76.4 Å². The normalized spacial score (nSPS) is 11.1. The molecule has 4 rings (SSSR count). The van der Waals surface area contributed by atoms with E-state index >= 15 is 0 Å². The van der Waals surface area contributed by atoms with Crippen molar-refractivity contribution in [3.05, 3.63) is 94.0 Å². The monoisotopic (exact) mass is 418 g/mol. The molecule has 0 saturated carbocycles. The molecule has 0 radical (unpaired) electrons. The summed E-state index contributed by atoms with van der Waals surface area (Å²) in [7, 11) is 0. The highest BCUT2D eigenvalue weighted by Gasteiger charge is 2.14. The largest absolute Gasteiger partial charge is 0.478 e. The van der Waals surface area contributed by atoms with Crippen LogP contribution in [0.1, 0.15) is 26.6 Å². The number of nitro benzene ring substituents is 1. The van der Waals surface area contributed by atoms with Gasteiger partial charge in [-0.2, -0.15) is 5.10 Å². The van der Waals surface area contributed by atoms with Gasteiger partial charge in [0.25, 0.3) is 5.69 Å². The number of carboxylic acids is 1. The highest BCUT2D eigenvalue weighted by Crippen LogP contribution is 2.24. The Morgan fingerprint density at radius 2 is 1.97 bits per heavy atom. The van der Waals surface area contributed by atoms with Crippen molar-refractivity contribution in [3.63, 3.8) is 0 Å². The number of nitrogens with one attached hydrogen (secondary N) is 1. The fourth-order valence-corrected chi connectivity index (χ4v) is 2.99. The van der Waals surface area contributed by atoms with Crippen molar-refractivity contribution in [1.82, 2.24) is 9.99 Å². The second kappa shape index (κ2) is 7.95. The van der Waals surface area contributed by atoms with Crippen molar-refractivity contribution >= 4 is 34.7 Å². The van der Waals surface area contributed by atoms with E-state index in [2.05, 4.69) is 10.5 Å². The van der Waals surface area contributed by atoms with Crippen LogP contribution >= 0.6 is 0 Å². The van der Waals surface area contributed by atoms with Crippen molar-refractivity contribution in [3.8, 4) is 5.69 Å². The first-order valence-corrected chi connectivity index (χ1v) is 8.95. The fraction of sp³-hybridized carbons (Fsp3) is 0. The average molecular weight is 418 g/mol. The highest BCUT2D eigenvalue weighted by atomic mass is 16.6. The summed E-state index contributed by atoms with van der Waals surface area (Å²) in [5.41, 5.74) is 3.94. The summed E-state index contributed by atoms with van der Waals surface area (Å²) in [6.45, 7) is 0. The number of rotatable bonds is 6. The van der Waals surface area contributed by atoms with Crippen LogP contribution in [0, 0.1) is 10.1 Å². The third kappa shape index (κ3) is 4.03. The van der Waals surface area contributed by atoms with Gasteiger partial charge in [-0.05, 0) is 42.5 Å². The number of amides is 1. The van der Waals surface area contributed by atoms with Crippen LogP contribution in [0.5, 0.6) is 0 Å². The Bertz CT molecular complexity index is 1350. The van der Waals surface area contributed by atoms with E-state index in [0.717, 1.165) is 0 Å². The molecule has 0 aliphatic carbocycles. The minimum Gasteiger partial charge on any atom is -0.478 e. The van der Waals surface area contributed by atoms with Crippen molar-refractivity contribution in [2.75, 3.05) is 0 Å². The number of hydrazone groups is 1. The number of hydrogen-bond acceptors (Lipinski definition) is 6. The Morgan fingerprint density at radius 1 is 1.13 bits per heavy atom. The number of furan rings is 1. The lowest BCUT2D eigenvalue weighted by atomic mass is 10.2. The average Bonchev–Trinajstić information content (AvgIpc) is 3.40. The highest BCUT2D eigenvalue weighted by molar-refractivity contribution is 5.97. The van der Waals surface area contributed by atoms with Gasteiger partial charge in [0.2, 0.25) is 0 Å². The number of carbonyl (C=O) groups excluding carboxylic acids is 1. The summed E-state index contributed by atoms with van der Waals surface area (Å²) in [6.07, 6.45) is 3.13. The first-order valence-electron chi connectivity index (χ1n) is 8.95. The van der Waals surface area contributed by atoms with Crippen LogP contribution in [0.2, 0.25) is 0 Å². The number of non-ortho nitro benzene ring substituents is 1. The maximum absolute atomic E-state index is 12.3. The predicted molar refractivity (Wildman–Crippen MR) is 111 cm³/mol. The summed E-state index contributed by atoms with van der Waals surface area (Å²) >= 11 is 0. The molecule has 0 bridgehead atoms. The van der Waals surface area contributed by atoms with Crippen LogP contribution in [-0.4, -0.2) is 32.7 Å². The van der Waals surface area contributed by atoms with Gasteiger partial charge in [0, 0.05) is 29.4 Å². The summed E-state index contributed by atoms with van der Waals surface area (Å²) in [5.74, 6) is -1.70. The quantitative estimate of drug-likeness (QED) is 0.279. The van der Waals surface area contributed by atoms with Crippen LogP contribution in [0.25, 0.3) is 16.7 Å². The van der Waals surface area contributed by atoms with Gasteiger partial charge in [0.05, 0.1) is 22.4 Å². The van der Waals surface area contributed by atoms with Gasteiger partial charge < -0.3 is 14.1 Å². The Morgan fingerprint density at radius 3 is 2.74 bits per heavy atom. The summed E-state index contributed by atoms with van der Waals surface area (Å²) in [5, 5.41) is 24.4. The lowest BCUT2D eigenvalue weighted by molar-refractivity contribution is -0.384. The molecule has 0 aliphatic heterocycles. The molecule has 0 atom stereocenters. The fourth-order valence-electron chi connectivity index (χ4n) is 2.99. The lowest BCUT2D eigenvalue weighted by Crippen LogP contribution is -2.17. The molecule has 0 aliphatic rings. The SMILES string of the molecule is O=C(O)c1cccc(-n2cccc2/C=N\NC(=O)c2cc3cc([N+](=O)[O-])ccc3o2)c1. The maximum Gasteiger partial charge on any atom is 0.335 e. The van der Waals surface area contributed by atoms with E-state index in [0.29, 0.717) is 22.4 Å². The van der Waals surface area contributed by atoms with Gasteiger partial charge in [-0.15, -0.1) is 0 Å². The van der Waals surface area contributed by atoms with Crippen molar-refractivity contribution in [1.29, 1.82) is 0 Å². The molecule has 10 heteroatoms. The molecule has 1 amide bonds. The van der Waals surface area contributed by atoms with Gasteiger partial charge in [0.15, 0.2) is 5.76 Å². The molecule has 0 spiro atoms. The van der Waals surface area contributed by atoms with E-state index in [4.69, 9.17) is 9.52 Å². The molecular weight excluding hydrogens is 404 g/mol. The van der Waals surface area contributed by atoms with Crippen LogP contribution in [0.4, 0.5) is 5.69 Å². The Balaban J connectivity index is 1.51. The van der Waals surface area contributed by atoms with Crippen LogP contribution in [0.3, 0.4) is 0 Å². The standard InChI is InChI=1S/C21H14N4O6/c26-20(19-11-14-10-16(25(29)30)6-7-18(14)31-19)23-22-12-17-5-2-8-24(17)15-4-1-3-13(9-15)21(27)28/h1-12H,(H,23,26)(H,27,28)/b22-12-. The van der Waals surface area contributed by atoms with Crippen molar-refractivity contribution in [2.45, 2.75) is 0 Å². The third-order valence-corrected chi connectivity index (χ3v) is 4.45. The van der Waals surface area contributed by atoms with Gasteiger partial charge in [0.1, 0.15) is 5.58 Å². The minimum absolute atomic E-state index is 0.0443. The van der Waals surface area contributed by atoms with Gasteiger partial charge in [-0.25, -0.2) is 10.2 Å². The number of aromatic nitrogens is 1. The number of nitrogens with zero attached hydrogens (tertiary/aromatic N) is 3. The number of nitro groups is 1. The molecule has 2 heterocycles. The molecule has 0 fully saturated rings. The smallest absolute Gasteiger partial charge is 0.335 e. The Labute approximate surface area is 174 Å². The zero-order chi connectivity index (χ0) is 22.0. The molecule has 2 aromatic heterocycles. The number of fused-ring (bicyclic) bond motifs is 1. The molecule has 2 aromatic carbocycles. The molecule has 2 N–H and O–H groups in total. The van der Waals surface area contributed by atoms with Crippen molar-refractivity contribution in [2.24, 2.45) is 5.10 Å². The van der Waals surface area contributed by atoms with Gasteiger partial charge >= 0.3 is 11.9 Å². The maximum atomic E-state index is 12.3. The molecule has 0 unspecified atom stereocenters. The topological polar surface area (TPSA) is 140 Å². The number of benzene rings is 2. The molecule has 4 aromatic rings. The zero-order valence-corrected chi connectivity index (χ0v) is 15.8. The number of aromatic carboxylic acids is 1. The summed E-state index contributed by atoms with van der Waals surface area (Å²) in [6, 6.07) is 15.3. The summed E-state index contributed by atoms with van der Waals surface area (Å²) in [4.78, 5) is 33.8. The minimum atomic E-state index is -1.03. The predicted octanol–water partition coefficient (Wildman–Crippen LogP) is 3.59. The summed E-state index contributed by atoms with van der Waals surface area (Å²) < 4.78 is 7.12. The van der Waals surface area contributed by atoms with Gasteiger partial charge in [-0.3, -0.25) is 14.9 Å². The second-order valence-electron chi connectivity index (χ2n) is 6.45. The molecule has 0 saturated heterocycles. The van der Waals surface area contributed by atoms with Crippen LogP contribution < -0.4 is 5.43 Å². The van der Waals surface area contributed by atoms with E-state index in [9.17, 15) is 19.7 Å². The van der Waals surface area contributed by atoms with E-state index in [1.807, 2.05) is 0 Å². The zero-order valence-electron chi connectivity index (χ0n) is 15.8. The first kappa shape index (κ1) is 19.6. The van der Waals surface area contributed by atoms with Gasteiger partial charge in [-0.1, -0.05) is 6.07 Å². The third-order valence-electron chi connectivity index (χ3n) is 4.45. The van der Waals surface area contributed by atoms with E-state index in [-0.39, 0.29) is 17.0 Å². The van der Waals surface area contributed by atoms with E-state index in [1.165, 1.54) is 42.6 Å². The number of hydrogen-bond donors (Lipinski definition) is 2. The Hall–Kier alpha value is -4.73. The Kier molecular flexibility index (Phi) is 5.02. The molecule has 31 heavy (non-hydrogen) atoms. The van der Waals surface area contributed by atoms with E-state index in [1.54, 1.807) is 35.0 Å². The lowest BCUT2D eigenvalue weighted by Gasteiger charge is -2.07.